The summed E-state index contributed by atoms with van der Waals surface area (Å²) in [5, 5.41) is 6.13. The van der Waals surface area contributed by atoms with Crippen molar-refractivity contribution in [1.29, 1.82) is 0 Å². The van der Waals surface area contributed by atoms with E-state index in [0.29, 0.717) is 40.0 Å². The van der Waals surface area contributed by atoms with Gasteiger partial charge in [0.05, 0.1) is 22.7 Å². The molecule has 1 saturated heterocycles. The van der Waals surface area contributed by atoms with Gasteiger partial charge in [0, 0.05) is 11.6 Å². The summed E-state index contributed by atoms with van der Waals surface area (Å²) in [7, 11) is -2.08. The number of carbonyl (C=O) groups is 2. The number of nitrogens with zero attached hydrogens (tertiary/aromatic N) is 2. The molecule has 36 heavy (non-hydrogen) atoms. The van der Waals surface area contributed by atoms with E-state index in [1.54, 1.807) is 44.2 Å². The Labute approximate surface area is 218 Å². The average molecular weight is 533 g/mol. The fraction of sp³-hybridized carbons (Fsp3) is 0.462. The summed E-state index contributed by atoms with van der Waals surface area (Å²) >= 11 is 6.21. The van der Waals surface area contributed by atoms with Crippen molar-refractivity contribution in [3.63, 3.8) is 0 Å². The van der Waals surface area contributed by atoms with Crippen molar-refractivity contribution < 1.29 is 18.0 Å². The highest BCUT2D eigenvalue weighted by atomic mass is 35.5. The van der Waals surface area contributed by atoms with E-state index in [4.69, 9.17) is 11.6 Å². The Morgan fingerprint density at radius 1 is 1.14 bits per heavy atom. The van der Waals surface area contributed by atoms with Crippen LogP contribution in [0.5, 0.6) is 0 Å². The topological polar surface area (TPSA) is 98.8 Å². The quantitative estimate of drug-likeness (QED) is 0.566. The lowest BCUT2D eigenvalue weighted by Gasteiger charge is -2.37. The number of likely N-dealkylation sites (tertiary alicyclic amines) is 1. The van der Waals surface area contributed by atoms with Gasteiger partial charge in [-0.2, -0.15) is 0 Å². The van der Waals surface area contributed by atoms with Gasteiger partial charge in [-0.05, 0) is 94.6 Å². The first-order chi connectivity index (χ1) is 17.1. The van der Waals surface area contributed by atoms with Crippen LogP contribution in [0.15, 0.2) is 41.3 Å². The van der Waals surface area contributed by atoms with Crippen LogP contribution in [0.1, 0.15) is 36.8 Å². The summed E-state index contributed by atoms with van der Waals surface area (Å²) < 4.78 is 29.1. The van der Waals surface area contributed by atoms with Gasteiger partial charge in [0.2, 0.25) is 11.8 Å². The predicted molar refractivity (Wildman–Crippen MR) is 142 cm³/mol. The molecule has 4 rings (SSSR count). The number of hydrogen-bond acceptors (Lipinski definition) is 5. The number of aryl methyl sites for hydroxylation is 2. The molecule has 2 heterocycles. The van der Waals surface area contributed by atoms with Crippen molar-refractivity contribution >= 4 is 44.8 Å². The van der Waals surface area contributed by atoms with Crippen LogP contribution in [-0.2, 0) is 19.6 Å². The molecule has 1 atom stereocenters. The minimum atomic E-state index is -4.19. The van der Waals surface area contributed by atoms with Gasteiger partial charge in [-0.3, -0.25) is 13.9 Å². The molecule has 1 unspecified atom stereocenters. The molecule has 2 aliphatic heterocycles. The lowest BCUT2D eigenvalue weighted by Crippen LogP contribution is -2.53. The largest absolute Gasteiger partial charge is 0.356 e. The summed E-state index contributed by atoms with van der Waals surface area (Å²) in [6, 6.07) is 8.60. The fourth-order valence-electron chi connectivity index (χ4n) is 4.89. The molecule has 2 amide bonds. The molecule has 0 radical (unpaired) electrons. The Morgan fingerprint density at radius 3 is 2.56 bits per heavy atom. The van der Waals surface area contributed by atoms with E-state index in [2.05, 4.69) is 22.6 Å². The van der Waals surface area contributed by atoms with Gasteiger partial charge < -0.3 is 15.5 Å². The number of piperidine rings is 1. The molecule has 2 aliphatic rings. The van der Waals surface area contributed by atoms with Crippen LogP contribution >= 0.6 is 11.6 Å². The number of para-hydroxylation sites is 2. The SMILES string of the molecule is Cc1cc(S(=O)(=O)N2c3ccccc3NC(=O)C2CC(=O)NCCC2CCN(C)CC2)c(C)cc1Cl. The van der Waals surface area contributed by atoms with Crippen molar-refractivity contribution in [2.45, 2.75) is 50.5 Å². The summed E-state index contributed by atoms with van der Waals surface area (Å²) in [4.78, 5) is 28.4. The molecule has 0 aromatic heterocycles. The number of amides is 2. The Hall–Kier alpha value is -2.62. The maximum absolute atomic E-state index is 14.0. The zero-order valence-electron chi connectivity index (χ0n) is 20.9. The first-order valence-corrected chi connectivity index (χ1v) is 14.1. The number of anilines is 2. The molecule has 8 nitrogen and oxygen atoms in total. The molecule has 2 aromatic carbocycles. The van der Waals surface area contributed by atoms with E-state index in [-0.39, 0.29) is 17.2 Å². The summed E-state index contributed by atoms with van der Waals surface area (Å²) in [5.74, 6) is -0.336. The standard InChI is InChI=1S/C26H33ClN4O4S/c1-17-15-24(18(2)14-20(17)27)36(34,35)31-22-7-5-4-6-21(22)29-26(33)23(31)16-25(32)28-11-8-19-9-12-30(3)13-10-19/h4-7,14-15,19,23H,8-13,16H2,1-3H3,(H,28,32)(H,29,33). The minimum absolute atomic E-state index is 0.0570. The number of rotatable bonds is 7. The molecule has 1 fully saturated rings. The maximum atomic E-state index is 14.0. The second-order valence-electron chi connectivity index (χ2n) is 9.78. The van der Waals surface area contributed by atoms with E-state index < -0.39 is 22.0 Å². The summed E-state index contributed by atoms with van der Waals surface area (Å²) in [6.07, 6.45) is 2.78. The molecule has 2 N–H and O–H groups in total. The van der Waals surface area contributed by atoms with Gasteiger partial charge in [0.25, 0.3) is 10.0 Å². The van der Waals surface area contributed by atoms with Crippen LogP contribution in [0.4, 0.5) is 11.4 Å². The molecule has 0 spiro atoms. The van der Waals surface area contributed by atoms with Gasteiger partial charge >= 0.3 is 0 Å². The number of benzene rings is 2. The number of hydrogen-bond donors (Lipinski definition) is 2. The third kappa shape index (κ3) is 5.53. The van der Waals surface area contributed by atoms with Crippen LogP contribution in [0.2, 0.25) is 5.02 Å². The second kappa shape index (κ2) is 10.8. The van der Waals surface area contributed by atoms with Crippen molar-refractivity contribution in [3.05, 3.63) is 52.5 Å². The average Bonchev–Trinajstić information content (AvgIpc) is 2.83. The first-order valence-electron chi connectivity index (χ1n) is 12.2. The van der Waals surface area contributed by atoms with E-state index in [0.717, 1.165) is 36.7 Å². The zero-order valence-corrected chi connectivity index (χ0v) is 22.5. The number of halogens is 1. The Bertz CT molecular complexity index is 1260. The highest BCUT2D eigenvalue weighted by Crippen LogP contribution is 2.38. The van der Waals surface area contributed by atoms with Gasteiger partial charge in [-0.25, -0.2) is 8.42 Å². The van der Waals surface area contributed by atoms with Crippen LogP contribution in [0.3, 0.4) is 0 Å². The monoisotopic (exact) mass is 532 g/mol. The molecule has 194 valence electrons. The number of sulfonamides is 1. The summed E-state index contributed by atoms with van der Waals surface area (Å²) in [5.41, 5.74) is 1.79. The Morgan fingerprint density at radius 2 is 1.83 bits per heavy atom. The van der Waals surface area contributed by atoms with E-state index in [1.807, 2.05) is 0 Å². The minimum Gasteiger partial charge on any atom is -0.356 e. The highest BCUT2D eigenvalue weighted by molar-refractivity contribution is 7.93. The molecule has 0 bridgehead atoms. The van der Waals surface area contributed by atoms with Crippen molar-refractivity contribution in [1.82, 2.24) is 10.2 Å². The van der Waals surface area contributed by atoms with Crippen LogP contribution in [-0.4, -0.2) is 57.9 Å². The summed E-state index contributed by atoms with van der Waals surface area (Å²) in [6.45, 7) is 6.00. The predicted octanol–water partition coefficient (Wildman–Crippen LogP) is 3.71. The molecule has 0 saturated carbocycles. The number of nitrogens with one attached hydrogen (secondary N) is 2. The van der Waals surface area contributed by atoms with E-state index >= 15 is 0 Å². The maximum Gasteiger partial charge on any atom is 0.265 e. The van der Waals surface area contributed by atoms with Crippen LogP contribution in [0.25, 0.3) is 0 Å². The van der Waals surface area contributed by atoms with E-state index in [9.17, 15) is 18.0 Å². The fourth-order valence-corrected chi connectivity index (χ4v) is 7.03. The zero-order chi connectivity index (χ0) is 26.0. The first kappa shape index (κ1) is 26.4. The normalized spacial score (nSPS) is 19.1. The van der Waals surface area contributed by atoms with Gasteiger partial charge in [-0.15, -0.1) is 0 Å². The second-order valence-corrected chi connectivity index (χ2v) is 12.0. The molecule has 10 heteroatoms. The molecular weight excluding hydrogens is 500 g/mol. The van der Waals surface area contributed by atoms with Crippen LogP contribution in [0, 0.1) is 19.8 Å². The van der Waals surface area contributed by atoms with Crippen molar-refractivity contribution in [3.8, 4) is 0 Å². The Kier molecular flexibility index (Phi) is 7.92. The van der Waals surface area contributed by atoms with Crippen LogP contribution < -0.4 is 14.9 Å². The van der Waals surface area contributed by atoms with Crippen molar-refractivity contribution in [2.75, 3.05) is 36.3 Å². The third-order valence-electron chi connectivity index (χ3n) is 7.07. The lowest BCUT2D eigenvalue weighted by molar-refractivity contribution is -0.125. The number of fused-ring (bicyclic) bond motifs is 1. The van der Waals surface area contributed by atoms with E-state index in [1.165, 1.54) is 6.07 Å². The van der Waals surface area contributed by atoms with Gasteiger partial charge in [0.1, 0.15) is 6.04 Å². The molecular formula is C26H33ClN4O4S. The molecule has 2 aromatic rings. The Balaban J connectivity index is 1.58. The smallest absolute Gasteiger partial charge is 0.265 e. The number of carbonyl (C=O) groups excluding carboxylic acids is 2. The lowest BCUT2D eigenvalue weighted by atomic mass is 9.94. The van der Waals surface area contributed by atoms with Crippen molar-refractivity contribution in [2.24, 2.45) is 5.92 Å². The molecule has 0 aliphatic carbocycles. The third-order valence-corrected chi connectivity index (χ3v) is 9.44. The highest BCUT2D eigenvalue weighted by Gasteiger charge is 2.42. The van der Waals surface area contributed by atoms with Gasteiger partial charge in [-0.1, -0.05) is 23.7 Å². The van der Waals surface area contributed by atoms with Gasteiger partial charge in [0.15, 0.2) is 0 Å².